The van der Waals surface area contributed by atoms with E-state index in [-0.39, 0.29) is 15.7 Å². The Morgan fingerprint density at radius 3 is 2.36 bits per heavy atom. The highest BCUT2D eigenvalue weighted by atomic mass is 35.5. The van der Waals surface area contributed by atoms with Gasteiger partial charge in [0, 0.05) is 5.69 Å². The normalized spacial score (nSPS) is 9.93. The fourth-order valence-corrected chi connectivity index (χ4v) is 1.34. The maximum absolute atomic E-state index is 10.8. The molecule has 0 bridgehead atoms. The molecule has 0 fully saturated rings. The van der Waals surface area contributed by atoms with Crippen LogP contribution in [-0.2, 0) is 4.79 Å². The van der Waals surface area contributed by atoms with E-state index in [1.165, 1.54) is 12.1 Å². The molecule has 1 amide bonds. The number of rotatable bonds is 2. The second-order valence-electron chi connectivity index (χ2n) is 2.56. The number of aliphatic hydroxyl groups is 1. The van der Waals surface area contributed by atoms with Gasteiger partial charge in [0.1, 0.15) is 6.61 Å². The van der Waals surface area contributed by atoms with E-state index in [0.29, 0.717) is 5.69 Å². The number of aliphatic hydroxyl groups excluding tert-OH is 1. The number of amides is 1. The van der Waals surface area contributed by atoms with E-state index < -0.39 is 12.5 Å². The molecule has 0 spiro atoms. The lowest BCUT2D eigenvalue weighted by atomic mass is 10.3. The van der Waals surface area contributed by atoms with Crippen LogP contribution in [0.1, 0.15) is 0 Å². The average Bonchev–Trinajstić information content (AvgIpc) is 2.14. The number of nitrogens with two attached hydrogens (primary N) is 1. The van der Waals surface area contributed by atoms with Crippen LogP contribution in [0.25, 0.3) is 0 Å². The quantitative estimate of drug-likeness (QED) is 0.680. The highest BCUT2D eigenvalue weighted by molar-refractivity contribution is 6.39. The molecule has 0 unspecified atom stereocenters. The fourth-order valence-electron chi connectivity index (χ4n) is 0.857. The van der Waals surface area contributed by atoms with Crippen molar-refractivity contribution in [2.24, 2.45) is 0 Å². The summed E-state index contributed by atoms with van der Waals surface area (Å²) in [6.45, 7) is -0.598. The lowest BCUT2D eigenvalue weighted by Crippen LogP contribution is -2.15. The van der Waals surface area contributed by atoms with Gasteiger partial charge in [0.25, 0.3) is 0 Å². The highest BCUT2D eigenvalue weighted by Gasteiger charge is 2.06. The van der Waals surface area contributed by atoms with Gasteiger partial charge >= 0.3 is 0 Å². The zero-order valence-corrected chi connectivity index (χ0v) is 8.56. The van der Waals surface area contributed by atoms with Gasteiger partial charge in [-0.3, -0.25) is 4.79 Å². The molecule has 0 aliphatic rings. The van der Waals surface area contributed by atoms with Crippen LogP contribution >= 0.6 is 23.2 Å². The summed E-state index contributed by atoms with van der Waals surface area (Å²) in [7, 11) is 0. The molecule has 0 saturated carbocycles. The van der Waals surface area contributed by atoms with Crippen LogP contribution in [0.5, 0.6) is 0 Å². The number of hydrogen-bond donors (Lipinski definition) is 3. The summed E-state index contributed by atoms with van der Waals surface area (Å²) in [5, 5.41) is 11.4. The number of nitrogen functional groups attached to an aromatic ring is 1. The van der Waals surface area contributed by atoms with E-state index in [9.17, 15) is 4.79 Å². The van der Waals surface area contributed by atoms with Crippen molar-refractivity contribution in [3.63, 3.8) is 0 Å². The van der Waals surface area contributed by atoms with Gasteiger partial charge in [0.05, 0.1) is 15.7 Å². The topological polar surface area (TPSA) is 75.3 Å². The standard InChI is InChI=1S/C8H8Cl2N2O2/c9-5-1-4(12-7(14)3-13)2-6(10)8(5)11/h1-2,13H,3,11H2,(H,12,14). The minimum Gasteiger partial charge on any atom is -0.396 e. The van der Waals surface area contributed by atoms with Crippen LogP contribution in [-0.4, -0.2) is 17.6 Å². The van der Waals surface area contributed by atoms with Crippen LogP contribution in [0.2, 0.25) is 10.0 Å². The van der Waals surface area contributed by atoms with Crippen LogP contribution in [0, 0.1) is 0 Å². The average molecular weight is 235 g/mol. The summed E-state index contributed by atoms with van der Waals surface area (Å²) in [6, 6.07) is 2.91. The highest BCUT2D eigenvalue weighted by Crippen LogP contribution is 2.30. The van der Waals surface area contributed by atoms with Crippen molar-refractivity contribution in [3.8, 4) is 0 Å². The zero-order valence-electron chi connectivity index (χ0n) is 7.05. The second-order valence-corrected chi connectivity index (χ2v) is 3.37. The lowest BCUT2D eigenvalue weighted by Gasteiger charge is -2.06. The number of carbonyl (C=O) groups is 1. The molecule has 4 nitrogen and oxygen atoms in total. The second kappa shape index (κ2) is 4.50. The van der Waals surface area contributed by atoms with Gasteiger partial charge in [-0.1, -0.05) is 23.2 Å². The molecule has 0 aromatic heterocycles. The maximum Gasteiger partial charge on any atom is 0.250 e. The first kappa shape index (κ1) is 11.1. The largest absolute Gasteiger partial charge is 0.396 e. The van der Waals surface area contributed by atoms with Crippen molar-refractivity contribution in [2.45, 2.75) is 0 Å². The summed E-state index contributed by atoms with van der Waals surface area (Å²) in [5.74, 6) is -0.540. The molecule has 0 heterocycles. The van der Waals surface area contributed by atoms with Gasteiger partial charge in [-0.25, -0.2) is 0 Å². The van der Waals surface area contributed by atoms with Gasteiger partial charge in [0.15, 0.2) is 0 Å². The molecule has 4 N–H and O–H groups in total. The number of halogens is 2. The Morgan fingerprint density at radius 2 is 1.93 bits per heavy atom. The molecular weight excluding hydrogens is 227 g/mol. The first-order valence-electron chi connectivity index (χ1n) is 3.70. The molecule has 1 aromatic carbocycles. The molecule has 0 atom stereocenters. The minimum atomic E-state index is -0.598. The Kier molecular flexibility index (Phi) is 3.57. The molecule has 0 saturated heterocycles. The molecule has 0 radical (unpaired) electrons. The van der Waals surface area contributed by atoms with E-state index in [0.717, 1.165) is 0 Å². The van der Waals surface area contributed by atoms with Gasteiger partial charge in [-0.2, -0.15) is 0 Å². The lowest BCUT2D eigenvalue weighted by molar-refractivity contribution is -0.118. The number of carbonyl (C=O) groups excluding carboxylic acids is 1. The monoisotopic (exact) mass is 234 g/mol. The summed E-state index contributed by atoms with van der Waals surface area (Å²) in [4.78, 5) is 10.8. The van der Waals surface area contributed by atoms with Crippen molar-refractivity contribution >= 4 is 40.5 Å². The van der Waals surface area contributed by atoms with Crippen molar-refractivity contribution in [1.29, 1.82) is 0 Å². The SMILES string of the molecule is Nc1c(Cl)cc(NC(=O)CO)cc1Cl. The zero-order chi connectivity index (χ0) is 10.7. The Labute approximate surface area is 90.6 Å². The summed E-state index contributed by atoms with van der Waals surface area (Å²) in [6.07, 6.45) is 0. The van der Waals surface area contributed by atoms with E-state index >= 15 is 0 Å². The van der Waals surface area contributed by atoms with Crippen molar-refractivity contribution < 1.29 is 9.90 Å². The summed E-state index contributed by atoms with van der Waals surface area (Å²) < 4.78 is 0. The van der Waals surface area contributed by atoms with Gasteiger partial charge in [0.2, 0.25) is 5.91 Å². The Hall–Kier alpha value is -0.970. The molecule has 0 aliphatic heterocycles. The first-order valence-corrected chi connectivity index (χ1v) is 4.45. The van der Waals surface area contributed by atoms with Crippen LogP contribution in [0.3, 0.4) is 0 Å². The third-order valence-corrected chi connectivity index (χ3v) is 2.13. The smallest absolute Gasteiger partial charge is 0.250 e. The fraction of sp³-hybridized carbons (Fsp3) is 0.125. The Bertz CT molecular complexity index is 345. The number of anilines is 2. The van der Waals surface area contributed by atoms with E-state index in [1.54, 1.807) is 0 Å². The van der Waals surface area contributed by atoms with Crippen LogP contribution in [0.15, 0.2) is 12.1 Å². The van der Waals surface area contributed by atoms with Crippen LogP contribution in [0.4, 0.5) is 11.4 Å². The van der Waals surface area contributed by atoms with Gasteiger partial charge in [-0.05, 0) is 12.1 Å². The molecule has 6 heteroatoms. The van der Waals surface area contributed by atoms with E-state index in [1.807, 2.05) is 0 Å². The number of hydrogen-bond acceptors (Lipinski definition) is 3. The molecule has 76 valence electrons. The molecule has 1 rings (SSSR count). The van der Waals surface area contributed by atoms with Gasteiger partial charge in [-0.15, -0.1) is 0 Å². The van der Waals surface area contributed by atoms with E-state index in [4.69, 9.17) is 34.0 Å². The Balaban J connectivity index is 2.95. The van der Waals surface area contributed by atoms with E-state index in [2.05, 4.69) is 5.32 Å². The Morgan fingerprint density at radius 1 is 1.43 bits per heavy atom. The van der Waals surface area contributed by atoms with Gasteiger partial charge < -0.3 is 16.2 Å². The summed E-state index contributed by atoms with van der Waals surface area (Å²) >= 11 is 11.4. The number of nitrogens with one attached hydrogen (secondary N) is 1. The maximum atomic E-state index is 10.8. The molecule has 1 aromatic rings. The van der Waals surface area contributed by atoms with Crippen molar-refractivity contribution in [1.82, 2.24) is 0 Å². The first-order chi connectivity index (χ1) is 6.54. The molecule has 0 aliphatic carbocycles. The predicted molar refractivity (Wildman–Crippen MR) is 56.6 cm³/mol. The number of benzene rings is 1. The van der Waals surface area contributed by atoms with Crippen molar-refractivity contribution in [3.05, 3.63) is 22.2 Å². The molecular formula is C8H8Cl2N2O2. The minimum absolute atomic E-state index is 0.255. The van der Waals surface area contributed by atoms with Crippen molar-refractivity contribution in [2.75, 3.05) is 17.7 Å². The third-order valence-electron chi connectivity index (χ3n) is 1.51. The van der Waals surface area contributed by atoms with Crippen LogP contribution < -0.4 is 11.1 Å². The molecule has 14 heavy (non-hydrogen) atoms. The predicted octanol–water partition coefficient (Wildman–Crippen LogP) is 1.51. The summed E-state index contributed by atoms with van der Waals surface area (Å²) in [5.41, 5.74) is 6.14. The third kappa shape index (κ3) is 2.51.